The van der Waals surface area contributed by atoms with Crippen LogP contribution in [0.4, 0.5) is 5.95 Å². The van der Waals surface area contributed by atoms with Crippen LogP contribution in [0.3, 0.4) is 0 Å². The third-order valence-corrected chi connectivity index (χ3v) is 6.05. The van der Waals surface area contributed by atoms with Gasteiger partial charge in [-0.25, -0.2) is 15.4 Å². The number of aryl methyl sites for hydroxylation is 1. The summed E-state index contributed by atoms with van der Waals surface area (Å²) >= 11 is 0. The highest BCUT2D eigenvalue weighted by molar-refractivity contribution is 5.92. The molecule has 2 aromatic heterocycles. The van der Waals surface area contributed by atoms with Gasteiger partial charge in [-0.05, 0) is 23.8 Å². The molecule has 1 amide bonds. The van der Waals surface area contributed by atoms with Crippen LogP contribution in [0, 0.1) is 16.7 Å². The Kier molecular flexibility index (Phi) is 5.31. The number of carbonyl (C=O) groups is 1. The lowest BCUT2D eigenvalue weighted by molar-refractivity contribution is -0.0278. The molecule has 2 aliphatic heterocycles. The fraction of sp³-hybridized carbons (Fsp3) is 0.333. The number of nitrogens with one attached hydrogen (secondary N) is 1. The van der Waals surface area contributed by atoms with Crippen LogP contribution >= 0.6 is 12.4 Å². The molecule has 3 aromatic rings. The highest BCUT2D eigenvalue weighted by Crippen LogP contribution is 2.41. The molecule has 160 valence electrons. The predicted molar refractivity (Wildman–Crippen MR) is 116 cm³/mol. The van der Waals surface area contributed by atoms with Crippen LogP contribution in [0.15, 0.2) is 36.8 Å². The topological polar surface area (TPSA) is 110 Å². The van der Waals surface area contributed by atoms with Gasteiger partial charge in [0.2, 0.25) is 5.95 Å². The summed E-state index contributed by atoms with van der Waals surface area (Å²) in [6.07, 6.45) is 4.99. The molecule has 2 fully saturated rings. The van der Waals surface area contributed by atoms with E-state index in [4.69, 9.17) is 5.21 Å². The van der Waals surface area contributed by atoms with Crippen LogP contribution in [0.1, 0.15) is 21.5 Å². The maximum Gasteiger partial charge on any atom is 0.277 e. The Morgan fingerprint density at radius 3 is 2.61 bits per heavy atom. The number of fused-ring (bicyclic) bond motifs is 1. The van der Waals surface area contributed by atoms with Gasteiger partial charge in [-0.1, -0.05) is 0 Å². The summed E-state index contributed by atoms with van der Waals surface area (Å²) in [7, 11) is 2.04. The summed E-state index contributed by atoms with van der Waals surface area (Å²) in [5.74, 6) is -0.0155. The predicted octanol–water partition coefficient (Wildman–Crippen LogP) is 1.70. The summed E-state index contributed by atoms with van der Waals surface area (Å²) in [5.41, 5.74) is 5.15. The van der Waals surface area contributed by atoms with E-state index in [1.165, 1.54) is 18.0 Å². The van der Waals surface area contributed by atoms with Crippen LogP contribution in [-0.2, 0) is 13.6 Å². The monoisotopic (exact) mass is 439 g/mol. The molecule has 1 spiro atoms. The molecule has 0 aliphatic carbocycles. The van der Waals surface area contributed by atoms with Gasteiger partial charge in [0.25, 0.3) is 5.91 Å². The first-order chi connectivity index (χ1) is 14.5. The van der Waals surface area contributed by atoms with Crippen LogP contribution < -0.4 is 10.4 Å². The zero-order chi connectivity index (χ0) is 20.9. The quantitative estimate of drug-likeness (QED) is 0.470. The zero-order valence-electron chi connectivity index (χ0n) is 16.9. The number of rotatable bonds is 4. The average Bonchev–Trinajstić information content (AvgIpc) is 3.03. The number of aromatic nitrogens is 3. The number of hydrogen-bond acceptors (Lipinski definition) is 7. The number of amides is 1. The normalized spacial score (nSPS) is 16.9. The molecule has 0 unspecified atom stereocenters. The molecular formula is C21H22ClN7O2. The van der Waals surface area contributed by atoms with Crippen LogP contribution in [0.5, 0.6) is 0 Å². The third kappa shape index (κ3) is 3.59. The summed E-state index contributed by atoms with van der Waals surface area (Å²) in [5, 5.41) is 19.0. The smallest absolute Gasteiger partial charge is 0.277 e. The Hall–Kier alpha value is -3.19. The van der Waals surface area contributed by atoms with Crippen molar-refractivity contribution < 1.29 is 10.0 Å². The van der Waals surface area contributed by atoms with Crippen LogP contribution in [0.2, 0.25) is 0 Å². The lowest BCUT2D eigenvalue weighted by atomic mass is 9.73. The molecule has 4 heterocycles. The summed E-state index contributed by atoms with van der Waals surface area (Å²) in [6.45, 7) is 4.69. The molecule has 2 N–H and O–H groups in total. The molecule has 10 heteroatoms. The molecule has 0 radical (unpaired) electrons. The van der Waals surface area contributed by atoms with Crippen LogP contribution in [0.25, 0.3) is 10.9 Å². The van der Waals surface area contributed by atoms with Crippen molar-refractivity contribution in [2.45, 2.75) is 6.54 Å². The number of halogens is 1. The highest BCUT2D eigenvalue weighted by Gasteiger charge is 2.52. The minimum absolute atomic E-state index is 0. The van der Waals surface area contributed by atoms with Gasteiger partial charge in [0, 0.05) is 74.7 Å². The van der Waals surface area contributed by atoms with Crippen molar-refractivity contribution in [3.05, 3.63) is 53.5 Å². The Morgan fingerprint density at radius 1 is 1.26 bits per heavy atom. The Balaban J connectivity index is 0.00000231. The SMILES string of the molecule is Cl.Cn1cc(CN2CC3(C2)CN(c2ncc(C(=O)NO)cn2)C3)c2cc(C#N)ccc21. The number of benzene rings is 1. The molecule has 0 atom stereocenters. The van der Waals surface area contributed by atoms with E-state index in [1.807, 2.05) is 25.2 Å². The zero-order valence-corrected chi connectivity index (χ0v) is 17.8. The summed E-state index contributed by atoms with van der Waals surface area (Å²) in [6, 6.07) is 8.07. The number of nitriles is 1. The van der Waals surface area contributed by atoms with E-state index in [0.29, 0.717) is 11.5 Å². The summed E-state index contributed by atoms with van der Waals surface area (Å²) < 4.78 is 2.12. The largest absolute Gasteiger partial charge is 0.350 e. The highest BCUT2D eigenvalue weighted by atomic mass is 35.5. The number of carbonyl (C=O) groups excluding carboxylic acids is 1. The molecule has 0 saturated carbocycles. The van der Waals surface area contributed by atoms with E-state index in [9.17, 15) is 10.1 Å². The van der Waals surface area contributed by atoms with Crippen molar-refractivity contribution in [2.75, 3.05) is 31.1 Å². The van der Waals surface area contributed by atoms with Gasteiger partial charge < -0.3 is 9.47 Å². The second-order valence-corrected chi connectivity index (χ2v) is 8.32. The van der Waals surface area contributed by atoms with Gasteiger partial charge in [-0.3, -0.25) is 14.9 Å². The molecular weight excluding hydrogens is 418 g/mol. The van der Waals surface area contributed by atoms with E-state index < -0.39 is 5.91 Å². The van der Waals surface area contributed by atoms with Crippen molar-refractivity contribution >= 4 is 35.2 Å². The van der Waals surface area contributed by atoms with Crippen LogP contribution in [-0.4, -0.2) is 56.7 Å². The molecule has 1 aromatic carbocycles. The van der Waals surface area contributed by atoms with Crippen molar-refractivity contribution in [2.24, 2.45) is 12.5 Å². The molecule has 2 saturated heterocycles. The standard InChI is InChI=1S/C21H21N7O2.ClH/c1-26-8-16(17-4-14(5-22)2-3-18(17)26)9-27-10-21(11-27)12-28(13-21)20-23-6-15(7-24-20)19(29)25-30;/h2-4,6-8,30H,9-13H2,1H3,(H,25,29);1H. The number of anilines is 1. The number of nitrogens with zero attached hydrogens (tertiary/aromatic N) is 6. The van der Waals surface area contributed by atoms with Gasteiger partial charge in [-0.2, -0.15) is 5.26 Å². The third-order valence-electron chi connectivity index (χ3n) is 6.05. The van der Waals surface area contributed by atoms with Gasteiger partial charge in [0.1, 0.15) is 0 Å². The second kappa shape index (κ2) is 7.81. The van der Waals surface area contributed by atoms with Crippen molar-refractivity contribution in [1.82, 2.24) is 24.9 Å². The first kappa shape index (κ1) is 21.1. The Bertz CT molecular complexity index is 1170. The Morgan fingerprint density at radius 2 is 1.97 bits per heavy atom. The average molecular weight is 440 g/mol. The first-order valence-electron chi connectivity index (χ1n) is 9.72. The minimum atomic E-state index is -0.619. The minimum Gasteiger partial charge on any atom is -0.350 e. The molecule has 31 heavy (non-hydrogen) atoms. The molecule has 5 rings (SSSR count). The fourth-order valence-electron chi connectivity index (χ4n) is 4.70. The van der Waals surface area contributed by atoms with E-state index in [0.717, 1.165) is 43.6 Å². The number of hydrogen-bond donors (Lipinski definition) is 2. The molecule has 2 aliphatic rings. The second-order valence-electron chi connectivity index (χ2n) is 8.32. The van der Waals surface area contributed by atoms with E-state index in [2.05, 4.69) is 36.6 Å². The maximum absolute atomic E-state index is 11.4. The van der Waals surface area contributed by atoms with E-state index in [-0.39, 0.29) is 23.4 Å². The van der Waals surface area contributed by atoms with Gasteiger partial charge >= 0.3 is 0 Å². The molecule has 9 nitrogen and oxygen atoms in total. The molecule has 0 bridgehead atoms. The Labute approximate surface area is 185 Å². The summed E-state index contributed by atoms with van der Waals surface area (Å²) in [4.78, 5) is 24.4. The van der Waals surface area contributed by atoms with Crippen molar-refractivity contribution in [3.8, 4) is 6.07 Å². The first-order valence-corrected chi connectivity index (χ1v) is 9.72. The van der Waals surface area contributed by atoms with Gasteiger partial charge in [0.05, 0.1) is 17.2 Å². The van der Waals surface area contributed by atoms with Gasteiger partial charge in [0.15, 0.2) is 0 Å². The fourth-order valence-corrected chi connectivity index (χ4v) is 4.70. The number of likely N-dealkylation sites (tertiary alicyclic amines) is 1. The van der Waals surface area contributed by atoms with Crippen molar-refractivity contribution in [3.63, 3.8) is 0 Å². The van der Waals surface area contributed by atoms with E-state index >= 15 is 0 Å². The van der Waals surface area contributed by atoms with Gasteiger partial charge in [-0.15, -0.1) is 12.4 Å². The lowest BCUT2D eigenvalue weighted by Gasteiger charge is -2.60. The van der Waals surface area contributed by atoms with Crippen molar-refractivity contribution in [1.29, 1.82) is 5.26 Å². The maximum atomic E-state index is 11.4. The van der Waals surface area contributed by atoms with E-state index in [1.54, 1.807) is 5.48 Å². The lowest BCUT2D eigenvalue weighted by Crippen LogP contribution is -2.72. The number of hydroxylamine groups is 1.